The Morgan fingerprint density at radius 2 is 1.43 bits per heavy atom. The lowest BCUT2D eigenvalue weighted by molar-refractivity contribution is 0.152. The molecule has 0 saturated carbocycles. The van der Waals surface area contributed by atoms with Crippen molar-refractivity contribution in [1.29, 1.82) is 0 Å². The van der Waals surface area contributed by atoms with Gasteiger partial charge in [-0.1, -0.05) is 97.1 Å². The second kappa shape index (κ2) is 11.1. The zero-order valence-electron chi connectivity index (χ0n) is 20.4. The monoisotopic (exact) mass is 508 g/mol. The lowest BCUT2D eigenvalue weighted by Gasteiger charge is -2.18. The SMILES string of the molecule is Cl.OC(CNCc1ccco1)Cn1c(-c2ccccc2)c(-c2ccccc2)c2ccc3ccccc3c21. The number of furan rings is 1. The summed E-state index contributed by atoms with van der Waals surface area (Å²) in [6.07, 6.45) is 1.09. The van der Waals surface area contributed by atoms with Crippen molar-refractivity contribution in [3.8, 4) is 22.4 Å². The Labute approximate surface area is 222 Å². The normalized spacial score (nSPS) is 12.0. The summed E-state index contributed by atoms with van der Waals surface area (Å²) in [7, 11) is 0. The molecule has 2 N–H and O–H groups in total. The summed E-state index contributed by atoms with van der Waals surface area (Å²) in [5.74, 6) is 0.857. The van der Waals surface area contributed by atoms with Gasteiger partial charge < -0.3 is 19.4 Å². The van der Waals surface area contributed by atoms with E-state index in [1.165, 1.54) is 27.3 Å². The number of benzene rings is 4. The average Bonchev–Trinajstić information content (AvgIpc) is 3.56. The maximum Gasteiger partial charge on any atom is 0.117 e. The van der Waals surface area contributed by atoms with Crippen LogP contribution in [-0.4, -0.2) is 22.3 Å². The van der Waals surface area contributed by atoms with Crippen LogP contribution in [0.5, 0.6) is 0 Å². The van der Waals surface area contributed by atoms with E-state index in [4.69, 9.17) is 4.42 Å². The number of aliphatic hydroxyl groups excluding tert-OH is 1. The molecule has 0 saturated heterocycles. The zero-order valence-corrected chi connectivity index (χ0v) is 21.2. The fraction of sp³-hybridized carbons (Fsp3) is 0.125. The van der Waals surface area contributed by atoms with E-state index in [2.05, 4.69) is 101 Å². The molecule has 0 amide bonds. The maximum atomic E-state index is 11.2. The topological polar surface area (TPSA) is 50.3 Å². The van der Waals surface area contributed by atoms with Crippen LogP contribution in [0.2, 0.25) is 0 Å². The van der Waals surface area contributed by atoms with Crippen molar-refractivity contribution in [2.75, 3.05) is 6.54 Å². The van der Waals surface area contributed by atoms with E-state index in [-0.39, 0.29) is 12.4 Å². The Bertz CT molecular complexity index is 1590. The summed E-state index contributed by atoms with van der Waals surface area (Å²) in [4.78, 5) is 0. The summed E-state index contributed by atoms with van der Waals surface area (Å²) < 4.78 is 7.73. The predicted molar refractivity (Wildman–Crippen MR) is 154 cm³/mol. The molecule has 0 radical (unpaired) electrons. The van der Waals surface area contributed by atoms with Gasteiger partial charge in [-0.15, -0.1) is 12.4 Å². The van der Waals surface area contributed by atoms with Crippen molar-refractivity contribution < 1.29 is 9.52 Å². The minimum absolute atomic E-state index is 0. The van der Waals surface area contributed by atoms with Crippen molar-refractivity contribution >= 4 is 34.1 Å². The highest BCUT2D eigenvalue weighted by Crippen LogP contribution is 2.43. The van der Waals surface area contributed by atoms with Crippen LogP contribution >= 0.6 is 12.4 Å². The molecule has 6 aromatic rings. The number of fused-ring (bicyclic) bond motifs is 3. The first-order valence-corrected chi connectivity index (χ1v) is 12.4. The van der Waals surface area contributed by atoms with E-state index in [0.717, 1.165) is 22.5 Å². The molecule has 1 atom stereocenters. The summed E-state index contributed by atoms with van der Waals surface area (Å²) in [5, 5.41) is 18.1. The van der Waals surface area contributed by atoms with Crippen molar-refractivity contribution in [2.24, 2.45) is 0 Å². The number of nitrogens with one attached hydrogen (secondary N) is 1. The molecule has 0 aliphatic rings. The standard InChI is InChI=1S/C32H28N2O2.ClH/c35-26(20-33-21-27-15-9-19-36-27)22-34-31(25-13-5-2-6-14-25)30(24-11-3-1-4-12-24)29-18-17-23-10-7-8-16-28(23)32(29)34;/h1-19,26,33,35H,20-22H2;1H. The Morgan fingerprint density at radius 3 is 2.16 bits per heavy atom. The molecule has 37 heavy (non-hydrogen) atoms. The Hall–Kier alpha value is -3.83. The second-order valence-corrected chi connectivity index (χ2v) is 9.11. The average molecular weight is 509 g/mol. The van der Waals surface area contributed by atoms with E-state index in [0.29, 0.717) is 19.6 Å². The van der Waals surface area contributed by atoms with Gasteiger partial charge in [0.2, 0.25) is 0 Å². The van der Waals surface area contributed by atoms with Crippen LogP contribution in [0.4, 0.5) is 0 Å². The summed E-state index contributed by atoms with van der Waals surface area (Å²) in [5.41, 5.74) is 5.76. The Morgan fingerprint density at radius 1 is 0.730 bits per heavy atom. The molecule has 0 spiro atoms. The molecule has 5 heteroatoms. The molecule has 1 unspecified atom stereocenters. The summed E-state index contributed by atoms with van der Waals surface area (Å²) >= 11 is 0. The van der Waals surface area contributed by atoms with Crippen LogP contribution < -0.4 is 5.32 Å². The van der Waals surface area contributed by atoms with Crippen LogP contribution in [-0.2, 0) is 13.1 Å². The molecule has 2 aromatic heterocycles. The maximum absolute atomic E-state index is 11.2. The molecule has 4 aromatic carbocycles. The van der Waals surface area contributed by atoms with E-state index < -0.39 is 6.10 Å². The number of nitrogens with zero attached hydrogens (tertiary/aromatic N) is 1. The molecule has 0 fully saturated rings. The smallest absolute Gasteiger partial charge is 0.117 e. The first kappa shape index (κ1) is 24.8. The number of aromatic nitrogens is 1. The second-order valence-electron chi connectivity index (χ2n) is 9.11. The molecule has 4 nitrogen and oxygen atoms in total. The van der Waals surface area contributed by atoms with Crippen LogP contribution in [0.15, 0.2) is 120 Å². The minimum Gasteiger partial charge on any atom is -0.468 e. The number of rotatable bonds is 8. The highest BCUT2D eigenvalue weighted by atomic mass is 35.5. The molecule has 0 aliphatic carbocycles. The third-order valence-corrected chi connectivity index (χ3v) is 6.71. The first-order valence-electron chi connectivity index (χ1n) is 12.4. The van der Waals surface area contributed by atoms with Gasteiger partial charge in [-0.2, -0.15) is 0 Å². The molecule has 2 heterocycles. The van der Waals surface area contributed by atoms with Crippen molar-refractivity contribution in [2.45, 2.75) is 19.2 Å². The Kier molecular flexibility index (Phi) is 7.42. The van der Waals surface area contributed by atoms with Gasteiger partial charge >= 0.3 is 0 Å². The van der Waals surface area contributed by atoms with E-state index in [1.807, 2.05) is 18.2 Å². The number of aliphatic hydroxyl groups is 1. The minimum atomic E-state index is -0.583. The van der Waals surface area contributed by atoms with Crippen molar-refractivity contribution in [1.82, 2.24) is 9.88 Å². The van der Waals surface area contributed by atoms with Gasteiger partial charge in [-0.3, -0.25) is 0 Å². The summed E-state index contributed by atoms with van der Waals surface area (Å²) in [6, 6.07) is 37.8. The van der Waals surface area contributed by atoms with Gasteiger partial charge in [-0.05, 0) is 28.6 Å². The first-order chi connectivity index (χ1) is 17.8. The van der Waals surface area contributed by atoms with Crippen LogP contribution in [0.3, 0.4) is 0 Å². The van der Waals surface area contributed by atoms with Crippen molar-refractivity contribution in [3.63, 3.8) is 0 Å². The largest absolute Gasteiger partial charge is 0.468 e. The summed E-state index contributed by atoms with van der Waals surface area (Å²) in [6.45, 7) is 1.51. The van der Waals surface area contributed by atoms with Crippen LogP contribution in [0, 0.1) is 0 Å². The number of hydrogen-bond acceptors (Lipinski definition) is 3. The molecular formula is C32H29ClN2O2. The lowest BCUT2D eigenvalue weighted by Crippen LogP contribution is -2.30. The van der Waals surface area contributed by atoms with Crippen LogP contribution in [0.1, 0.15) is 5.76 Å². The molecular weight excluding hydrogens is 480 g/mol. The van der Waals surface area contributed by atoms with Crippen LogP contribution in [0.25, 0.3) is 44.1 Å². The zero-order chi connectivity index (χ0) is 24.3. The molecule has 0 aliphatic heterocycles. The molecule has 6 rings (SSSR count). The fourth-order valence-corrected chi connectivity index (χ4v) is 5.15. The van der Waals surface area contributed by atoms with E-state index in [9.17, 15) is 5.11 Å². The van der Waals surface area contributed by atoms with Gasteiger partial charge in [0.15, 0.2) is 0 Å². The van der Waals surface area contributed by atoms with Gasteiger partial charge in [0.1, 0.15) is 5.76 Å². The highest BCUT2D eigenvalue weighted by Gasteiger charge is 2.23. The van der Waals surface area contributed by atoms with E-state index >= 15 is 0 Å². The highest BCUT2D eigenvalue weighted by molar-refractivity contribution is 6.15. The van der Waals surface area contributed by atoms with Gasteiger partial charge in [-0.25, -0.2) is 0 Å². The molecule has 186 valence electrons. The fourth-order valence-electron chi connectivity index (χ4n) is 5.15. The number of halogens is 1. The lowest BCUT2D eigenvalue weighted by atomic mass is 9.97. The third kappa shape index (κ3) is 4.92. The van der Waals surface area contributed by atoms with Gasteiger partial charge in [0.05, 0.1) is 36.7 Å². The quantitative estimate of drug-likeness (QED) is 0.227. The van der Waals surface area contributed by atoms with Gasteiger partial charge in [0, 0.05) is 22.9 Å². The Balaban J connectivity index is 0.00000280. The van der Waals surface area contributed by atoms with Crippen molar-refractivity contribution in [3.05, 3.63) is 121 Å². The number of hydrogen-bond donors (Lipinski definition) is 2. The molecule has 0 bridgehead atoms. The third-order valence-electron chi connectivity index (χ3n) is 6.71. The van der Waals surface area contributed by atoms with E-state index in [1.54, 1.807) is 6.26 Å². The predicted octanol–water partition coefficient (Wildman–Crippen LogP) is 7.29. The van der Waals surface area contributed by atoms with Gasteiger partial charge in [0.25, 0.3) is 0 Å².